The summed E-state index contributed by atoms with van der Waals surface area (Å²) in [4.78, 5) is 0. The van der Waals surface area contributed by atoms with Gasteiger partial charge in [-0.15, -0.1) is 0 Å². The van der Waals surface area contributed by atoms with Crippen molar-refractivity contribution >= 4 is 0 Å². The van der Waals surface area contributed by atoms with Gasteiger partial charge in [0.2, 0.25) is 0 Å². The Hall–Kier alpha value is -1.39. The molecule has 3 nitrogen and oxygen atoms in total. The van der Waals surface area contributed by atoms with Gasteiger partial charge in [0.05, 0.1) is 13.7 Å². The highest BCUT2D eigenvalue weighted by molar-refractivity contribution is 5.32. The lowest BCUT2D eigenvalue weighted by molar-refractivity contribution is 0.199. The molecule has 1 aromatic rings. The molecule has 0 spiro atoms. The fourth-order valence-corrected chi connectivity index (χ4v) is 1.68. The van der Waals surface area contributed by atoms with E-state index in [1.165, 1.54) is 7.11 Å². The van der Waals surface area contributed by atoms with Crippen LogP contribution < -0.4 is 10.1 Å². The normalized spacial score (nSPS) is 11.1. The first-order valence-electron chi connectivity index (χ1n) is 6.45. The van der Waals surface area contributed by atoms with Crippen LogP contribution in [-0.4, -0.2) is 33.9 Å². The average Bonchev–Trinajstić information content (AvgIpc) is 2.43. The van der Waals surface area contributed by atoms with E-state index in [2.05, 4.69) is 11.4 Å². The van der Waals surface area contributed by atoms with Crippen molar-refractivity contribution in [3.8, 4) is 5.75 Å². The molecule has 4 heteroatoms. The summed E-state index contributed by atoms with van der Waals surface area (Å²) >= 11 is 0. The third kappa shape index (κ3) is 5.85. The van der Waals surface area contributed by atoms with Crippen molar-refractivity contribution in [1.29, 1.82) is 0 Å². The van der Waals surface area contributed by atoms with Crippen LogP contribution in [0.4, 0.5) is 4.39 Å². The molecule has 1 aromatic carbocycles. The molecular weight excluding hydrogens is 245 g/mol. The molecule has 0 unspecified atom stereocenters. The van der Waals surface area contributed by atoms with Gasteiger partial charge >= 0.3 is 0 Å². The first-order chi connectivity index (χ1) is 9.29. The SMILES string of the molecule is COCCNCC/C=C/Cc1cccc(OC)c1F. The Morgan fingerprint density at radius 1 is 1.21 bits per heavy atom. The maximum absolute atomic E-state index is 13.8. The minimum Gasteiger partial charge on any atom is -0.494 e. The number of benzene rings is 1. The van der Waals surface area contributed by atoms with Crippen LogP contribution in [0.1, 0.15) is 12.0 Å². The van der Waals surface area contributed by atoms with E-state index >= 15 is 0 Å². The predicted octanol–water partition coefficient (Wildman–Crippen LogP) is 2.56. The Morgan fingerprint density at radius 2 is 2.05 bits per heavy atom. The molecule has 1 rings (SSSR count). The Labute approximate surface area is 114 Å². The summed E-state index contributed by atoms with van der Waals surface area (Å²) in [7, 11) is 3.16. The summed E-state index contributed by atoms with van der Waals surface area (Å²) < 4.78 is 23.7. The largest absolute Gasteiger partial charge is 0.494 e. The molecule has 0 amide bonds. The van der Waals surface area contributed by atoms with Gasteiger partial charge in [-0.05, 0) is 31.0 Å². The van der Waals surface area contributed by atoms with Crippen LogP contribution in [0.3, 0.4) is 0 Å². The Bertz CT molecular complexity index is 394. The van der Waals surface area contributed by atoms with Gasteiger partial charge in [0.15, 0.2) is 11.6 Å². The molecule has 0 fully saturated rings. The van der Waals surface area contributed by atoms with Gasteiger partial charge in [-0.3, -0.25) is 0 Å². The van der Waals surface area contributed by atoms with E-state index in [9.17, 15) is 4.39 Å². The molecule has 19 heavy (non-hydrogen) atoms. The zero-order valence-corrected chi connectivity index (χ0v) is 11.6. The van der Waals surface area contributed by atoms with E-state index in [-0.39, 0.29) is 5.82 Å². The molecule has 0 saturated heterocycles. The van der Waals surface area contributed by atoms with Crippen LogP contribution in [0, 0.1) is 5.82 Å². The summed E-state index contributed by atoms with van der Waals surface area (Å²) in [5.41, 5.74) is 0.656. The summed E-state index contributed by atoms with van der Waals surface area (Å²) in [6.45, 7) is 2.48. The van der Waals surface area contributed by atoms with E-state index in [0.717, 1.165) is 26.1 Å². The van der Waals surface area contributed by atoms with E-state index in [1.807, 2.05) is 6.08 Å². The maximum atomic E-state index is 13.8. The molecule has 0 aliphatic heterocycles. The van der Waals surface area contributed by atoms with Gasteiger partial charge in [0.25, 0.3) is 0 Å². The third-order valence-electron chi connectivity index (χ3n) is 2.74. The van der Waals surface area contributed by atoms with Gasteiger partial charge in [-0.2, -0.15) is 0 Å². The number of allylic oxidation sites excluding steroid dienone is 1. The molecule has 0 saturated carbocycles. The van der Waals surface area contributed by atoms with Gasteiger partial charge in [-0.25, -0.2) is 4.39 Å². The topological polar surface area (TPSA) is 30.5 Å². The highest BCUT2D eigenvalue weighted by Gasteiger charge is 2.05. The molecule has 0 bridgehead atoms. The molecule has 0 aromatic heterocycles. The van der Waals surface area contributed by atoms with Gasteiger partial charge in [0, 0.05) is 13.7 Å². The Morgan fingerprint density at radius 3 is 2.79 bits per heavy atom. The van der Waals surface area contributed by atoms with Crippen LogP contribution in [0.15, 0.2) is 30.4 Å². The van der Waals surface area contributed by atoms with Crippen molar-refractivity contribution in [3.63, 3.8) is 0 Å². The summed E-state index contributed by atoms with van der Waals surface area (Å²) in [6, 6.07) is 5.21. The number of ether oxygens (including phenoxy) is 2. The molecule has 106 valence electrons. The van der Waals surface area contributed by atoms with E-state index in [0.29, 0.717) is 17.7 Å². The smallest absolute Gasteiger partial charge is 0.168 e. The predicted molar refractivity (Wildman–Crippen MR) is 75.2 cm³/mol. The van der Waals surface area contributed by atoms with Gasteiger partial charge in [0.1, 0.15) is 0 Å². The lowest BCUT2D eigenvalue weighted by atomic mass is 10.1. The molecule has 0 heterocycles. The standard InChI is InChI=1S/C15H22FNO2/c1-18-12-11-17-10-5-3-4-7-13-8-6-9-14(19-2)15(13)16/h3-4,6,8-9,17H,5,7,10-12H2,1-2H3/b4-3+. The highest BCUT2D eigenvalue weighted by Crippen LogP contribution is 2.20. The van der Waals surface area contributed by atoms with Crippen molar-refractivity contribution in [3.05, 3.63) is 41.7 Å². The van der Waals surface area contributed by atoms with Crippen molar-refractivity contribution in [2.24, 2.45) is 0 Å². The summed E-state index contributed by atoms with van der Waals surface area (Å²) in [5.74, 6) is 0.0278. The van der Waals surface area contributed by atoms with E-state index in [1.54, 1.807) is 25.3 Å². The molecule has 1 N–H and O–H groups in total. The van der Waals surface area contributed by atoms with Crippen molar-refractivity contribution in [1.82, 2.24) is 5.32 Å². The quantitative estimate of drug-likeness (QED) is 0.551. The van der Waals surface area contributed by atoms with Crippen LogP contribution >= 0.6 is 0 Å². The number of hydrogen-bond acceptors (Lipinski definition) is 3. The molecule has 0 aliphatic rings. The zero-order valence-electron chi connectivity index (χ0n) is 11.6. The maximum Gasteiger partial charge on any atom is 0.168 e. The summed E-state index contributed by atoms with van der Waals surface area (Å²) in [5, 5.41) is 3.24. The third-order valence-corrected chi connectivity index (χ3v) is 2.74. The van der Waals surface area contributed by atoms with Crippen molar-refractivity contribution < 1.29 is 13.9 Å². The fraction of sp³-hybridized carbons (Fsp3) is 0.467. The van der Waals surface area contributed by atoms with E-state index in [4.69, 9.17) is 9.47 Å². The molecular formula is C15H22FNO2. The Kier molecular flexibility index (Phi) is 7.86. The fourth-order valence-electron chi connectivity index (χ4n) is 1.68. The second-order valence-electron chi connectivity index (χ2n) is 4.14. The lowest BCUT2D eigenvalue weighted by Gasteiger charge is -2.05. The van der Waals surface area contributed by atoms with Crippen molar-refractivity contribution in [2.45, 2.75) is 12.8 Å². The summed E-state index contributed by atoms with van der Waals surface area (Å²) in [6.07, 6.45) is 5.55. The van der Waals surface area contributed by atoms with Crippen LogP contribution in [0.2, 0.25) is 0 Å². The van der Waals surface area contributed by atoms with Crippen LogP contribution in [-0.2, 0) is 11.2 Å². The minimum atomic E-state index is -0.270. The molecule has 0 atom stereocenters. The van der Waals surface area contributed by atoms with E-state index < -0.39 is 0 Å². The number of hydrogen-bond donors (Lipinski definition) is 1. The van der Waals surface area contributed by atoms with Gasteiger partial charge < -0.3 is 14.8 Å². The molecule has 0 aliphatic carbocycles. The minimum absolute atomic E-state index is 0.270. The number of rotatable bonds is 9. The first-order valence-corrected chi connectivity index (χ1v) is 6.45. The zero-order chi connectivity index (χ0) is 13.9. The number of halogens is 1. The first kappa shape index (κ1) is 15.7. The number of methoxy groups -OCH3 is 2. The van der Waals surface area contributed by atoms with Gasteiger partial charge in [-0.1, -0.05) is 24.3 Å². The lowest BCUT2D eigenvalue weighted by Crippen LogP contribution is -2.19. The average molecular weight is 267 g/mol. The second-order valence-corrected chi connectivity index (χ2v) is 4.14. The van der Waals surface area contributed by atoms with Crippen LogP contribution in [0.25, 0.3) is 0 Å². The monoisotopic (exact) mass is 267 g/mol. The highest BCUT2D eigenvalue weighted by atomic mass is 19.1. The number of nitrogens with one attached hydrogen (secondary N) is 1. The molecule has 0 radical (unpaired) electrons. The second kappa shape index (κ2) is 9.53. The van der Waals surface area contributed by atoms with Crippen LogP contribution in [0.5, 0.6) is 5.75 Å². The Balaban J connectivity index is 2.28. The van der Waals surface area contributed by atoms with Crippen molar-refractivity contribution in [2.75, 3.05) is 33.9 Å².